The fourth-order valence-electron chi connectivity index (χ4n) is 3.28. The number of amides is 1. The van der Waals surface area contributed by atoms with Crippen LogP contribution in [-0.4, -0.2) is 60.5 Å². The summed E-state index contributed by atoms with van der Waals surface area (Å²) in [6, 6.07) is 10.5. The molecule has 0 saturated carbocycles. The molecule has 3 heterocycles. The topological polar surface area (TPSA) is 64.6 Å². The Bertz CT molecular complexity index is 827. The fraction of sp³-hybridized carbons (Fsp3) is 0.350. The van der Waals surface area contributed by atoms with Gasteiger partial charge in [-0.3, -0.25) is 4.79 Å². The van der Waals surface area contributed by atoms with Crippen LogP contribution in [0.15, 0.2) is 48.8 Å². The van der Waals surface area contributed by atoms with Crippen molar-refractivity contribution < 1.29 is 4.79 Å². The van der Waals surface area contributed by atoms with Gasteiger partial charge in [0.05, 0.1) is 6.54 Å². The minimum Gasteiger partial charge on any atom is -0.366 e. The first-order valence-electron chi connectivity index (χ1n) is 9.23. The van der Waals surface area contributed by atoms with Crippen molar-refractivity contribution in [1.82, 2.24) is 14.9 Å². The highest BCUT2D eigenvalue weighted by molar-refractivity contribution is 5.82. The molecule has 27 heavy (non-hydrogen) atoms. The van der Waals surface area contributed by atoms with Gasteiger partial charge in [0.1, 0.15) is 18.0 Å². The van der Waals surface area contributed by atoms with E-state index in [0.29, 0.717) is 19.6 Å². The molecule has 0 bridgehead atoms. The molecule has 1 aromatic carbocycles. The molecule has 1 fully saturated rings. The molecule has 2 aromatic rings. The summed E-state index contributed by atoms with van der Waals surface area (Å²) in [7, 11) is 1.83. The van der Waals surface area contributed by atoms with Gasteiger partial charge in [0.15, 0.2) is 0 Å². The lowest BCUT2D eigenvalue weighted by atomic mass is 10.2. The molecule has 7 nitrogen and oxygen atoms in total. The number of rotatable bonds is 5. The summed E-state index contributed by atoms with van der Waals surface area (Å²) < 4.78 is 0. The Kier molecular flexibility index (Phi) is 4.91. The van der Waals surface area contributed by atoms with Crippen LogP contribution in [0, 0.1) is 0 Å². The molecule has 2 aliphatic heterocycles. The lowest BCUT2D eigenvalue weighted by Gasteiger charge is -2.32. The predicted octanol–water partition coefficient (Wildman–Crippen LogP) is 1.74. The lowest BCUT2D eigenvalue weighted by Crippen LogP contribution is -2.48. The molecule has 0 unspecified atom stereocenters. The van der Waals surface area contributed by atoms with Crippen molar-refractivity contribution in [3.8, 4) is 0 Å². The van der Waals surface area contributed by atoms with Gasteiger partial charge in [-0.25, -0.2) is 9.97 Å². The van der Waals surface area contributed by atoms with E-state index in [4.69, 9.17) is 0 Å². The normalized spacial score (nSPS) is 16.9. The summed E-state index contributed by atoms with van der Waals surface area (Å²) in [6.07, 6.45) is 5.93. The van der Waals surface area contributed by atoms with Crippen LogP contribution in [0.2, 0.25) is 0 Å². The largest absolute Gasteiger partial charge is 0.366 e. The highest BCUT2D eigenvalue weighted by Crippen LogP contribution is 2.19. The van der Waals surface area contributed by atoms with Crippen molar-refractivity contribution in [2.45, 2.75) is 6.54 Å². The molecule has 1 amide bonds. The Morgan fingerprint density at radius 2 is 1.81 bits per heavy atom. The summed E-state index contributed by atoms with van der Waals surface area (Å²) in [5.74, 6) is 1.66. The number of carbonyl (C=O) groups excluding carboxylic acids is 1. The summed E-state index contributed by atoms with van der Waals surface area (Å²) >= 11 is 0. The average molecular weight is 364 g/mol. The zero-order valence-electron chi connectivity index (χ0n) is 15.5. The van der Waals surface area contributed by atoms with E-state index < -0.39 is 0 Å². The maximum absolute atomic E-state index is 11.9. The van der Waals surface area contributed by atoms with Crippen molar-refractivity contribution in [2.75, 3.05) is 54.9 Å². The minimum absolute atomic E-state index is 0.114. The second-order valence-electron chi connectivity index (χ2n) is 6.89. The van der Waals surface area contributed by atoms with Gasteiger partial charge in [0.2, 0.25) is 5.91 Å². The Labute approximate surface area is 159 Å². The number of benzene rings is 1. The van der Waals surface area contributed by atoms with E-state index in [9.17, 15) is 4.79 Å². The van der Waals surface area contributed by atoms with Gasteiger partial charge in [-0.2, -0.15) is 0 Å². The van der Waals surface area contributed by atoms with Gasteiger partial charge in [-0.15, -0.1) is 0 Å². The van der Waals surface area contributed by atoms with Crippen LogP contribution in [-0.2, 0) is 11.3 Å². The lowest BCUT2D eigenvalue weighted by molar-refractivity contribution is -0.129. The first kappa shape index (κ1) is 17.3. The van der Waals surface area contributed by atoms with Crippen molar-refractivity contribution in [3.05, 3.63) is 54.4 Å². The second-order valence-corrected chi connectivity index (χ2v) is 6.89. The van der Waals surface area contributed by atoms with Gasteiger partial charge in [0, 0.05) is 51.5 Å². The molecule has 1 aromatic heterocycles. The zero-order valence-corrected chi connectivity index (χ0v) is 15.5. The van der Waals surface area contributed by atoms with E-state index in [-0.39, 0.29) is 5.91 Å². The Morgan fingerprint density at radius 3 is 2.56 bits per heavy atom. The average Bonchev–Trinajstić information content (AvgIpc) is 3.24. The molecular weight excluding hydrogens is 340 g/mol. The van der Waals surface area contributed by atoms with Crippen molar-refractivity contribution >= 4 is 23.2 Å². The molecule has 4 rings (SSSR count). The van der Waals surface area contributed by atoms with E-state index in [0.717, 1.165) is 31.3 Å². The number of likely N-dealkylation sites (N-methyl/N-ethyl adjacent to an activating group) is 1. The Hall–Kier alpha value is -3.09. The number of piperazine rings is 1. The van der Waals surface area contributed by atoms with Gasteiger partial charge in [-0.05, 0) is 17.7 Å². The highest BCUT2D eigenvalue weighted by Gasteiger charge is 2.22. The van der Waals surface area contributed by atoms with Gasteiger partial charge < -0.3 is 20.0 Å². The van der Waals surface area contributed by atoms with E-state index in [1.807, 2.05) is 18.0 Å². The number of nitrogens with zero attached hydrogens (tertiary/aromatic N) is 5. The number of hydrogen-bond donors (Lipinski definition) is 1. The SMILES string of the molecule is CN1CCN(c2cc(NCc3ccc(N4CC=CC4)cc3)ncn2)CC1=O. The van der Waals surface area contributed by atoms with Crippen LogP contribution in [0.4, 0.5) is 17.3 Å². The third-order valence-electron chi connectivity index (χ3n) is 5.03. The van der Waals surface area contributed by atoms with Crippen molar-refractivity contribution in [3.63, 3.8) is 0 Å². The molecular formula is C20H24N6O. The Balaban J connectivity index is 1.36. The van der Waals surface area contributed by atoms with Crippen molar-refractivity contribution in [1.29, 1.82) is 0 Å². The smallest absolute Gasteiger partial charge is 0.241 e. The molecule has 1 N–H and O–H groups in total. The maximum Gasteiger partial charge on any atom is 0.241 e. The third kappa shape index (κ3) is 4.02. The predicted molar refractivity (Wildman–Crippen MR) is 107 cm³/mol. The van der Waals surface area contributed by atoms with E-state index >= 15 is 0 Å². The summed E-state index contributed by atoms with van der Waals surface area (Å²) in [5, 5.41) is 3.35. The number of carbonyl (C=O) groups is 1. The second kappa shape index (κ2) is 7.65. The molecule has 0 radical (unpaired) electrons. The van der Waals surface area contributed by atoms with E-state index in [2.05, 4.69) is 56.6 Å². The van der Waals surface area contributed by atoms with Crippen molar-refractivity contribution in [2.24, 2.45) is 0 Å². The molecule has 1 saturated heterocycles. The Morgan fingerprint density at radius 1 is 1.04 bits per heavy atom. The standard InChI is InChI=1S/C20H24N6O/c1-24-10-11-26(14-20(24)27)19-12-18(22-15-23-19)21-13-16-4-6-17(7-5-16)25-8-2-3-9-25/h2-7,12,15H,8-11,13-14H2,1H3,(H,21,22,23). The molecule has 2 aliphatic rings. The summed E-state index contributed by atoms with van der Waals surface area (Å²) in [6.45, 7) is 4.51. The van der Waals surface area contributed by atoms with Gasteiger partial charge in [0.25, 0.3) is 0 Å². The first-order chi connectivity index (χ1) is 13.2. The summed E-state index contributed by atoms with van der Waals surface area (Å²) in [5.41, 5.74) is 2.44. The first-order valence-corrected chi connectivity index (χ1v) is 9.23. The van der Waals surface area contributed by atoms with E-state index in [1.165, 1.54) is 11.3 Å². The maximum atomic E-state index is 11.9. The number of hydrogen-bond acceptors (Lipinski definition) is 6. The van der Waals surface area contributed by atoms with Gasteiger partial charge in [-0.1, -0.05) is 24.3 Å². The third-order valence-corrected chi connectivity index (χ3v) is 5.03. The number of nitrogens with one attached hydrogen (secondary N) is 1. The monoisotopic (exact) mass is 364 g/mol. The molecule has 0 spiro atoms. The van der Waals surface area contributed by atoms with Crippen LogP contribution in [0.25, 0.3) is 0 Å². The number of anilines is 3. The molecule has 140 valence electrons. The molecule has 7 heteroatoms. The fourth-order valence-corrected chi connectivity index (χ4v) is 3.28. The van der Waals surface area contributed by atoms with Gasteiger partial charge >= 0.3 is 0 Å². The minimum atomic E-state index is 0.114. The van der Waals surface area contributed by atoms with Crippen LogP contribution in [0.3, 0.4) is 0 Å². The van der Waals surface area contributed by atoms with Crippen LogP contribution < -0.4 is 15.1 Å². The van der Waals surface area contributed by atoms with Crippen LogP contribution in [0.5, 0.6) is 0 Å². The highest BCUT2D eigenvalue weighted by atomic mass is 16.2. The molecule has 0 atom stereocenters. The van der Waals surface area contributed by atoms with Crippen LogP contribution >= 0.6 is 0 Å². The summed E-state index contributed by atoms with van der Waals surface area (Å²) in [4.78, 5) is 26.6. The van der Waals surface area contributed by atoms with Crippen LogP contribution in [0.1, 0.15) is 5.56 Å². The van der Waals surface area contributed by atoms with E-state index in [1.54, 1.807) is 11.2 Å². The quantitative estimate of drug-likeness (QED) is 0.816. The zero-order chi connectivity index (χ0) is 18.6. The molecule has 0 aliphatic carbocycles. The number of aromatic nitrogens is 2.